The van der Waals surface area contributed by atoms with E-state index in [1.165, 1.54) is 28.0 Å². The monoisotopic (exact) mass is 530 g/mol. The highest BCUT2D eigenvalue weighted by atomic mass is 19.4. The second-order valence-electron chi connectivity index (χ2n) is 9.98. The number of carbonyl (C=O) groups excluding carboxylic acids is 2. The van der Waals surface area contributed by atoms with Crippen LogP contribution in [0.2, 0.25) is 0 Å². The van der Waals surface area contributed by atoms with Gasteiger partial charge < -0.3 is 0 Å². The summed E-state index contributed by atoms with van der Waals surface area (Å²) in [5, 5.41) is 9.13. The zero-order valence-corrected chi connectivity index (χ0v) is 20.4. The largest absolute Gasteiger partial charge is 0.417 e. The minimum Gasteiger partial charge on any atom is -0.289 e. The van der Waals surface area contributed by atoms with Crippen molar-refractivity contribution in [1.29, 1.82) is 5.26 Å². The van der Waals surface area contributed by atoms with Crippen molar-refractivity contribution < 1.29 is 32.0 Å². The van der Waals surface area contributed by atoms with E-state index in [2.05, 4.69) is 5.48 Å². The van der Waals surface area contributed by atoms with Crippen LogP contribution >= 0.6 is 0 Å². The number of halogens is 4. The second kappa shape index (κ2) is 10.3. The summed E-state index contributed by atoms with van der Waals surface area (Å²) in [6, 6.07) is 7.19. The van der Waals surface area contributed by atoms with Gasteiger partial charge in [-0.25, -0.2) is 14.7 Å². The highest BCUT2D eigenvalue weighted by Crippen LogP contribution is 2.42. The van der Waals surface area contributed by atoms with Gasteiger partial charge in [0.25, 0.3) is 5.91 Å². The van der Waals surface area contributed by atoms with Crippen LogP contribution < -0.4 is 15.3 Å². The number of nitrogens with one attached hydrogen (secondary N) is 1. The second-order valence-corrected chi connectivity index (χ2v) is 9.98. The number of benzene rings is 2. The minimum absolute atomic E-state index is 0.0285. The maximum absolute atomic E-state index is 15.0. The molecule has 2 aromatic rings. The molecule has 2 unspecified atom stereocenters. The maximum atomic E-state index is 15.0. The zero-order valence-electron chi connectivity index (χ0n) is 20.4. The molecule has 3 aliphatic rings. The number of fused-ring (bicyclic) bond motifs is 1. The lowest BCUT2D eigenvalue weighted by atomic mass is 9.86. The molecule has 1 saturated heterocycles. The van der Waals surface area contributed by atoms with E-state index in [1.807, 2.05) is 0 Å². The topological polar surface area (TPSA) is 85.7 Å². The van der Waals surface area contributed by atoms with Gasteiger partial charge in [0.05, 0.1) is 41.5 Å². The van der Waals surface area contributed by atoms with Crippen molar-refractivity contribution in [1.82, 2.24) is 5.48 Å². The summed E-state index contributed by atoms with van der Waals surface area (Å²) in [7, 11) is 0. The number of rotatable bonds is 6. The van der Waals surface area contributed by atoms with Crippen LogP contribution in [0, 0.1) is 23.1 Å². The molecule has 200 valence electrons. The number of hydroxylamine groups is 1. The van der Waals surface area contributed by atoms with Gasteiger partial charge in [0.1, 0.15) is 5.82 Å². The van der Waals surface area contributed by atoms with Gasteiger partial charge in [-0.1, -0.05) is 19.3 Å². The molecular formula is C27H26F4N4O3. The molecule has 0 bridgehead atoms. The molecule has 2 atom stereocenters. The fourth-order valence-electron chi connectivity index (χ4n) is 5.49. The van der Waals surface area contributed by atoms with E-state index in [0.29, 0.717) is 25.4 Å². The molecular weight excluding hydrogens is 504 g/mol. The molecule has 11 heteroatoms. The first-order valence-electron chi connectivity index (χ1n) is 12.6. The number of amides is 3. The molecule has 1 N–H and O–H groups in total. The SMILES string of the molecule is N#Cc1ccc(N2C(=O)N(c3ccc(C(=O)NOCC4CCC4)c(F)c3)C3CCCCC32)cc1C(F)(F)F. The fourth-order valence-corrected chi connectivity index (χ4v) is 5.49. The third kappa shape index (κ3) is 4.80. The smallest absolute Gasteiger partial charge is 0.289 e. The van der Waals surface area contributed by atoms with Gasteiger partial charge in [0, 0.05) is 11.4 Å². The number of urea groups is 1. The molecule has 2 saturated carbocycles. The summed E-state index contributed by atoms with van der Waals surface area (Å²) in [5.41, 5.74) is 0.608. The van der Waals surface area contributed by atoms with Gasteiger partial charge in [-0.3, -0.25) is 19.4 Å². The number of carbonyl (C=O) groups is 2. The lowest BCUT2D eigenvalue weighted by Crippen LogP contribution is -2.40. The molecule has 3 amide bonds. The first-order valence-corrected chi connectivity index (χ1v) is 12.6. The summed E-state index contributed by atoms with van der Waals surface area (Å²) >= 11 is 0. The van der Waals surface area contributed by atoms with Crippen LogP contribution in [0.3, 0.4) is 0 Å². The average molecular weight is 531 g/mol. The van der Waals surface area contributed by atoms with Gasteiger partial charge >= 0.3 is 12.2 Å². The Morgan fingerprint density at radius 2 is 1.63 bits per heavy atom. The number of hydrogen-bond acceptors (Lipinski definition) is 4. The van der Waals surface area contributed by atoms with Gasteiger partial charge in [0.15, 0.2) is 0 Å². The summed E-state index contributed by atoms with van der Waals surface area (Å²) in [6.07, 6.45) is 1.17. The van der Waals surface area contributed by atoms with Crippen LogP contribution in [-0.2, 0) is 11.0 Å². The van der Waals surface area contributed by atoms with E-state index in [1.54, 1.807) is 6.07 Å². The molecule has 38 heavy (non-hydrogen) atoms. The zero-order chi connectivity index (χ0) is 27.0. The van der Waals surface area contributed by atoms with Crippen LogP contribution in [0.4, 0.5) is 33.7 Å². The Balaban J connectivity index is 1.41. The Labute approximate surface area is 216 Å². The molecule has 1 aliphatic heterocycles. The molecule has 2 aromatic carbocycles. The van der Waals surface area contributed by atoms with Gasteiger partial charge in [-0.2, -0.15) is 18.4 Å². The van der Waals surface area contributed by atoms with Gasteiger partial charge in [0.2, 0.25) is 0 Å². The van der Waals surface area contributed by atoms with E-state index in [9.17, 15) is 22.8 Å². The predicted molar refractivity (Wildman–Crippen MR) is 130 cm³/mol. The fraction of sp³-hybridized carbons (Fsp3) is 0.444. The van der Waals surface area contributed by atoms with E-state index in [-0.39, 0.29) is 23.0 Å². The standard InChI is InChI=1S/C27H26F4N4O3/c28-22-13-19(10-11-20(22)25(36)33-38-15-16-4-3-5-16)35-24-7-2-1-6-23(24)34(26(35)37)18-9-8-17(14-32)21(12-18)27(29,30)31/h8-13,16,23-24H,1-7,15H2,(H,33,36). The highest BCUT2D eigenvalue weighted by molar-refractivity contribution is 6.08. The molecule has 3 fully saturated rings. The Hall–Kier alpha value is -3.65. The Morgan fingerprint density at radius 3 is 2.18 bits per heavy atom. The number of hydrogen-bond donors (Lipinski definition) is 1. The normalized spacial score (nSPS) is 21.6. The Bertz CT molecular complexity index is 1290. The van der Waals surface area contributed by atoms with Crippen molar-refractivity contribution in [3.8, 4) is 6.07 Å². The molecule has 7 nitrogen and oxygen atoms in total. The Kier molecular flexibility index (Phi) is 7.01. The third-order valence-corrected chi connectivity index (χ3v) is 7.66. The summed E-state index contributed by atoms with van der Waals surface area (Å²) in [4.78, 5) is 34.0. The van der Waals surface area contributed by atoms with Crippen LogP contribution in [0.25, 0.3) is 0 Å². The van der Waals surface area contributed by atoms with E-state index in [4.69, 9.17) is 10.1 Å². The van der Waals surface area contributed by atoms with E-state index < -0.39 is 41.1 Å². The minimum atomic E-state index is -4.77. The maximum Gasteiger partial charge on any atom is 0.417 e. The van der Waals surface area contributed by atoms with Crippen molar-refractivity contribution in [2.45, 2.75) is 63.2 Å². The molecule has 1 heterocycles. The summed E-state index contributed by atoms with van der Waals surface area (Å²) < 4.78 is 55.9. The number of anilines is 2. The molecule has 0 radical (unpaired) electrons. The Morgan fingerprint density at radius 1 is 1.00 bits per heavy atom. The molecule has 0 aromatic heterocycles. The number of nitrogens with zero attached hydrogens (tertiary/aromatic N) is 3. The van der Waals surface area contributed by atoms with Crippen LogP contribution in [0.1, 0.15) is 66.4 Å². The molecule has 0 spiro atoms. The van der Waals surface area contributed by atoms with E-state index >= 15 is 4.39 Å². The summed E-state index contributed by atoms with van der Waals surface area (Å²) in [6.45, 7) is 0.359. The lowest BCUT2D eigenvalue weighted by molar-refractivity contribution is -0.137. The van der Waals surface area contributed by atoms with Crippen molar-refractivity contribution in [3.63, 3.8) is 0 Å². The quantitative estimate of drug-likeness (QED) is 0.370. The number of alkyl halides is 3. The van der Waals surface area contributed by atoms with Crippen LogP contribution in [0.15, 0.2) is 36.4 Å². The summed E-state index contributed by atoms with van der Waals surface area (Å²) in [5.74, 6) is -1.20. The van der Waals surface area contributed by atoms with Crippen molar-refractivity contribution >= 4 is 23.3 Å². The predicted octanol–water partition coefficient (Wildman–Crippen LogP) is 5.94. The van der Waals surface area contributed by atoms with Gasteiger partial charge in [-0.05, 0) is 68.0 Å². The third-order valence-electron chi connectivity index (χ3n) is 7.66. The van der Waals surface area contributed by atoms with Crippen LogP contribution in [0.5, 0.6) is 0 Å². The average Bonchev–Trinajstić information content (AvgIpc) is 3.16. The van der Waals surface area contributed by atoms with Crippen molar-refractivity contribution in [2.75, 3.05) is 16.4 Å². The molecule has 2 aliphatic carbocycles. The first kappa shape index (κ1) is 26.0. The van der Waals surface area contributed by atoms with Gasteiger partial charge in [-0.15, -0.1) is 0 Å². The molecule has 5 rings (SSSR count). The van der Waals surface area contributed by atoms with Crippen molar-refractivity contribution in [2.24, 2.45) is 5.92 Å². The van der Waals surface area contributed by atoms with Crippen LogP contribution in [-0.4, -0.2) is 30.6 Å². The van der Waals surface area contributed by atoms with Crippen molar-refractivity contribution in [3.05, 3.63) is 58.9 Å². The first-order chi connectivity index (χ1) is 18.2. The number of nitriles is 1. The lowest BCUT2D eigenvalue weighted by Gasteiger charge is -2.32. The van der Waals surface area contributed by atoms with E-state index in [0.717, 1.165) is 50.3 Å². The highest BCUT2D eigenvalue weighted by Gasteiger charge is 2.48.